The number of benzene rings is 1. The molecule has 0 fully saturated rings. The molecule has 0 atom stereocenters. The quantitative estimate of drug-likeness (QED) is 0.675. The van der Waals surface area contributed by atoms with Crippen LogP contribution >= 0.6 is 11.3 Å². The predicted molar refractivity (Wildman–Crippen MR) is 106 cm³/mol. The van der Waals surface area contributed by atoms with Crippen molar-refractivity contribution in [3.05, 3.63) is 61.8 Å². The number of nitrogens with one attached hydrogen (secondary N) is 1. The molecule has 0 saturated carbocycles. The monoisotopic (exact) mass is 368 g/mol. The molecule has 0 aliphatic rings. The zero-order valence-corrected chi connectivity index (χ0v) is 15.7. The first-order valence-corrected chi connectivity index (χ1v) is 9.33. The Labute approximate surface area is 155 Å². The van der Waals surface area contributed by atoms with Gasteiger partial charge in [-0.15, -0.1) is 11.3 Å². The maximum absolute atomic E-state index is 12.5. The van der Waals surface area contributed by atoms with E-state index in [2.05, 4.69) is 29.2 Å². The molecule has 2 aromatic heterocycles. The van der Waals surface area contributed by atoms with Crippen molar-refractivity contribution in [1.29, 1.82) is 0 Å². The fraction of sp³-hybridized carbons (Fsp3) is 0.250. The van der Waals surface area contributed by atoms with Gasteiger partial charge in [0, 0.05) is 22.5 Å². The van der Waals surface area contributed by atoms with Crippen molar-refractivity contribution in [1.82, 2.24) is 9.97 Å². The van der Waals surface area contributed by atoms with E-state index in [1.54, 1.807) is 24.3 Å². The number of thiazole rings is 1. The number of rotatable bonds is 5. The highest BCUT2D eigenvalue weighted by atomic mass is 32.1. The second-order valence-corrected chi connectivity index (χ2v) is 7.05. The average Bonchev–Trinajstić information content (AvgIpc) is 3.09. The van der Waals surface area contributed by atoms with Gasteiger partial charge in [-0.1, -0.05) is 26.0 Å². The molecular formula is C20H20N2O3S. The summed E-state index contributed by atoms with van der Waals surface area (Å²) < 4.78 is 4.91. The minimum absolute atomic E-state index is 0.0200. The van der Waals surface area contributed by atoms with Gasteiger partial charge in [0.15, 0.2) is 0 Å². The van der Waals surface area contributed by atoms with Gasteiger partial charge in [0.25, 0.3) is 0 Å². The molecule has 2 heterocycles. The number of pyridine rings is 1. The highest BCUT2D eigenvalue weighted by Gasteiger charge is 2.13. The fourth-order valence-corrected chi connectivity index (χ4v) is 3.38. The molecule has 1 aromatic carbocycles. The van der Waals surface area contributed by atoms with Crippen LogP contribution in [0.5, 0.6) is 0 Å². The van der Waals surface area contributed by atoms with E-state index in [1.165, 1.54) is 6.20 Å². The van der Waals surface area contributed by atoms with Crippen LogP contribution in [-0.2, 0) is 4.74 Å². The average molecular weight is 368 g/mol. The molecule has 3 aromatic rings. The zero-order valence-electron chi connectivity index (χ0n) is 14.9. The van der Waals surface area contributed by atoms with Crippen LogP contribution in [0.3, 0.4) is 0 Å². The van der Waals surface area contributed by atoms with Crippen molar-refractivity contribution >= 4 is 40.4 Å². The van der Waals surface area contributed by atoms with Gasteiger partial charge in [-0.3, -0.25) is 4.79 Å². The summed E-state index contributed by atoms with van der Waals surface area (Å²) in [4.78, 5) is 31.9. The van der Waals surface area contributed by atoms with E-state index in [0.29, 0.717) is 16.8 Å². The van der Waals surface area contributed by atoms with Crippen LogP contribution in [0.1, 0.15) is 53.3 Å². The number of hydrogen-bond donors (Lipinski definition) is 1. The molecule has 1 N–H and O–H groups in total. The molecule has 134 valence electrons. The van der Waals surface area contributed by atoms with E-state index in [-0.39, 0.29) is 17.6 Å². The second-order valence-electron chi connectivity index (χ2n) is 6.16. The summed E-state index contributed by atoms with van der Waals surface area (Å²) >= 11 is 1.61. The number of aromatic amines is 1. The van der Waals surface area contributed by atoms with Crippen LogP contribution in [-0.4, -0.2) is 22.5 Å². The molecule has 0 radical (unpaired) electrons. The number of nitrogens with zero attached hydrogens (tertiary/aromatic N) is 1. The summed E-state index contributed by atoms with van der Waals surface area (Å²) in [5.74, 6) is -0.197. The van der Waals surface area contributed by atoms with Gasteiger partial charge in [-0.25, -0.2) is 9.78 Å². The van der Waals surface area contributed by atoms with E-state index in [0.717, 1.165) is 16.3 Å². The molecule has 26 heavy (non-hydrogen) atoms. The van der Waals surface area contributed by atoms with Crippen LogP contribution in [0.25, 0.3) is 23.1 Å². The number of hydrogen-bond acceptors (Lipinski definition) is 5. The number of carbonyl (C=O) groups excluding carboxylic acids is 1. The van der Waals surface area contributed by atoms with Gasteiger partial charge in [0.05, 0.1) is 12.3 Å². The molecule has 0 unspecified atom stereocenters. The lowest BCUT2D eigenvalue weighted by Crippen LogP contribution is -2.18. The van der Waals surface area contributed by atoms with E-state index < -0.39 is 5.97 Å². The standard InChI is InChI=1S/C20H20N2O3S/c1-4-25-20(24)15-10-21-16-9-13(5-7-14(16)19(15)23)6-8-18-22-17(11-26-18)12(2)3/h5-12H,4H2,1-3H3,(H,21,23). The van der Waals surface area contributed by atoms with Crippen LogP contribution in [0.2, 0.25) is 0 Å². The van der Waals surface area contributed by atoms with E-state index in [1.807, 2.05) is 24.3 Å². The Morgan fingerprint density at radius 3 is 2.85 bits per heavy atom. The summed E-state index contributed by atoms with van der Waals surface area (Å²) in [6, 6.07) is 5.44. The molecule has 0 bridgehead atoms. The lowest BCUT2D eigenvalue weighted by molar-refractivity contribution is 0.0524. The topological polar surface area (TPSA) is 72.1 Å². The van der Waals surface area contributed by atoms with Gasteiger partial charge in [0.2, 0.25) is 5.43 Å². The summed E-state index contributed by atoms with van der Waals surface area (Å²) in [6.45, 7) is 6.17. The lowest BCUT2D eigenvalue weighted by Gasteiger charge is -2.04. The number of carbonyl (C=O) groups is 1. The summed E-state index contributed by atoms with van der Waals surface area (Å²) in [7, 11) is 0. The SMILES string of the molecule is CCOC(=O)c1c[nH]c2cc(C=Cc3nc(C(C)C)cs3)ccc2c1=O. The minimum atomic E-state index is -0.607. The number of H-pyrrole nitrogens is 1. The highest BCUT2D eigenvalue weighted by molar-refractivity contribution is 7.10. The fourth-order valence-electron chi connectivity index (χ4n) is 2.51. The van der Waals surface area contributed by atoms with Crippen LogP contribution in [0.15, 0.2) is 34.6 Å². The van der Waals surface area contributed by atoms with Crippen molar-refractivity contribution in [3.8, 4) is 0 Å². The predicted octanol–water partition coefficient (Wildman–Crippen LogP) is 4.46. The molecule has 0 aliphatic heterocycles. The van der Waals surface area contributed by atoms with Crippen molar-refractivity contribution in [3.63, 3.8) is 0 Å². The maximum atomic E-state index is 12.5. The molecular weight excluding hydrogens is 348 g/mol. The molecule has 0 amide bonds. The van der Waals surface area contributed by atoms with E-state index in [9.17, 15) is 9.59 Å². The first-order chi connectivity index (χ1) is 12.5. The second kappa shape index (κ2) is 7.66. The summed E-state index contributed by atoms with van der Waals surface area (Å²) in [5.41, 5.74) is 2.40. The van der Waals surface area contributed by atoms with Crippen molar-refractivity contribution in [2.45, 2.75) is 26.7 Å². The molecule has 3 rings (SSSR count). The Balaban J connectivity index is 1.89. The Hall–Kier alpha value is -2.73. The summed E-state index contributed by atoms with van der Waals surface area (Å²) in [5, 5.41) is 3.48. The van der Waals surface area contributed by atoms with Gasteiger partial charge < -0.3 is 9.72 Å². The van der Waals surface area contributed by atoms with Crippen molar-refractivity contribution < 1.29 is 9.53 Å². The van der Waals surface area contributed by atoms with Crippen molar-refractivity contribution in [2.75, 3.05) is 6.61 Å². The number of ether oxygens (including phenoxy) is 1. The third-order valence-electron chi connectivity index (χ3n) is 3.95. The largest absolute Gasteiger partial charge is 0.462 e. The molecule has 5 nitrogen and oxygen atoms in total. The third kappa shape index (κ3) is 3.75. The highest BCUT2D eigenvalue weighted by Crippen LogP contribution is 2.20. The number of fused-ring (bicyclic) bond motifs is 1. The van der Waals surface area contributed by atoms with Crippen LogP contribution in [0, 0.1) is 0 Å². The molecule has 6 heteroatoms. The number of esters is 1. The van der Waals surface area contributed by atoms with Crippen molar-refractivity contribution in [2.24, 2.45) is 0 Å². The van der Waals surface area contributed by atoms with E-state index >= 15 is 0 Å². The number of aromatic nitrogens is 2. The normalized spacial score (nSPS) is 11.5. The van der Waals surface area contributed by atoms with Crippen LogP contribution in [0.4, 0.5) is 0 Å². The van der Waals surface area contributed by atoms with Gasteiger partial charge in [0.1, 0.15) is 10.6 Å². The smallest absolute Gasteiger partial charge is 0.343 e. The first kappa shape index (κ1) is 18.1. The molecule has 0 saturated heterocycles. The Morgan fingerprint density at radius 1 is 1.35 bits per heavy atom. The maximum Gasteiger partial charge on any atom is 0.343 e. The Bertz CT molecular complexity index is 1030. The Morgan fingerprint density at radius 2 is 2.15 bits per heavy atom. The zero-order chi connectivity index (χ0) is 18.7. The van der Waals surface area contributed by atoms with Crippen LogP contribution < -0.4 is 5.43 Å². The van der Waals surface area contributed by atoms with Gasteiger partial charge >= 0.3 is 5.97 Å². The third-order valence-corrected chi connectivity index (χ3v) is 4.78. The van der Waals surface area contributed by atoms with Gasteiger partial charge in [-0.2, -0.15) is 0 Å². The van der Waals surface area contributed by atoms with Gasteiger partial charge in [-0.05, 0) is 36.6 Å². The first-order valence-electron chi connectivity index (χ1n) is 8.45. The summed E-state index contributed by atoms with van der Waals surface area (Å²) in [6.07, 6.45) is 5.33. The minimum Gasteiger partial charge on any atom is -0.462 e. The van der Waals surface area contributed by atoms with E-state index in [4.69, 9.17) is 4.74 Å². The molecule has 0 aliphatic carbocycles. The molecule has 0 spiro atoms. The lowest BCUT2D eigenvalue weighted by atomic mass is 10.1. The Kier molecular flexibility index (Phi) is 5.32.